The van der Waals surface area contributed by atoms with Crippen molar-refractivity contribution in [3.05, 3.63) is 23.5 Å². The van der Waals surface area contributed by atoms with Crippen molar-refractivity contribution in [3.8, 4) is 0 Å². The fourth-order valence-electron chi connectivity index (χ4n) is 1.13. The monoisotopic (exact) mass is 313 g/mol. The average molecular weight is 314 g/mol. The van der Waals surface area contributed by atoms with E-state index in [-0.39, 0.29) is 12.4 Å². The lowest BCUT2D eigenvalue weighted by Gasteiger charge is -2.16. The number of hydrogen-bond donors (Lipinski definition) is 0. The van der Waals surface area contributed by atoms with Gasteiger partial charge in [0.1, 0.15) is 4.90 Å². The summed E-state index contributed by atoms with van der Waals surface area (Å²) in [5.74, 6) is 0. The summed E-state index contributed by atoms with van der Waals surface area (Å²) in [6, 6.07) is 0. The Labute approximate surface area is 101 Å². The average Bonchev–Trinajstić information content (AvgIpc) is 2.12. The quantitative estimate of drug-likeness (QED) is 0.591. The minimum absolute atomic E-state index is 0.112. The smallest absolute Gasteiger partial charge is 0.263 e. The predicted molar refractivity (Wildman–Crippen MR) is 47.3 cm³/mol. The zero-order valence-corrected chi connectivity index (χ0v) is 9.54. The van der Waals surface area contributed by atoms with Crippen molar-refractivity contribution in [1.82, 2.24) is 4.98 Å². The van der Waals surface area contributed by atoms with E-state index in [1.54, 1.807) is 0 Å². The molecule has 0 N–H and O–H groups in total. The predicted octanol–water partition coefficient (Wildman–Crippen LogP) is 3.05. The number of pyridine rings is 1. The van der Waals surface area contributed by atoms with Crippen molar-refractivity contribution < 1.29 is 34.8 Å². The van der Waals surface area contributed by atoms with E-state index in [9.17, 15) is 34.8 Å². The number of nitrogens with zero attached hydrogens (tertiary/aromatic N) is 1. The summed E-state index contributed by atoms with van der Waals surface area (Å²) < 4.78 is 96.3. The van der Waals surface area contributed by atoms with Crippen molar-refractivity contribution in [2.45, 2.75) is 17.2 Å². The first-order valence-corrected chi connectivity index (χ1v) is 6.23. The summed E-state index contributed by atoms with van der Waals surface area (Å²) in [5.41, 5.74) is -4.59. The molecule has 3 nitrogen and oxygen atoms in total. The van der Waals surface area contributed by atoms with E-state index in [4.69, 9.17) is 0 Å². The summed E-state index contributed by atoms with van der Waals surface area (Å²) in [7, 11) is -0.353. The Morgan fingerprint density at radius 3 is 1.83 bits per heavy atom. The molecule has 0 bridgehead atoms. The Kier molecular flexibility index (Phi) is 3.56. The first kappa shape index (κ1) is 15.0. The van der Waals surface area contributed by atoms with Gasteiger partial charge in [0.05, 0.1) is 11.1 Å². The van der Waals surface area contributed by atoms with E-state index in [2.05, 4.69) is 15.7 Å². The van der Waals surface area contributed by atoms with Crippen LogP contribution in [0, 0.1) is 0 Å². The summed E-state index contributed by atoms with van der Waals surface area (Å²) in [5, 5.41) is 0. The van der Waals surface area contributed by atoms with Crippen LogP contribution in [0.5, 0.6) is 0 Å². The molecule has 0 radical (unpaired) electrons. The Morgan fingerprint density at radius 2 is 1.50 bits per heavy atom. The third kappa shape index (κ3) is 3.05. The molecule has 1 heterocycles. The second-order valence-corrected chi connectivity index (χ2v) is 5.53. The normalized spacial score (nSPS) is 13.7. The van der Waals surface area contributed by atoms with Gasteiger partial charge in [0.25, 0.3) is 9.05 Å². The third-order valence-corrected chi connectivity index (χ3v) is 3.10. The molecule has 0 aromatic carbocycles. The van der Waals surface area contributed by atoms with Crippen molar-refractivity contribution in [2.75, 3.05) is 0 Å². The van der Waals surface area contributed by atoms with Crippen LogP contribution in [0.2, 0.25) is 0 Å². The summed E-state index contributed by atoms with van der Waals surface area (Å²) >= 11 is 0. The standard InChI is InChI=1S/C7H2ClF6NO2S/c8-18(16,17)4-2-15-1-3(6(9,10)11)5(4)7(12,13)14/h1-2H. The largest absolute Gasteiger partial charge is 0.418 e. The second-order valence-electron chi connectivity index (χ2n) is 2.99. The maximum atomic E-state index is 12.5. The zero-order valence-electron chi connectivity index (χ0n) is 7.97. The zero-order chi connectivity index (χ0) is 14.4. The van der Waals surface area contributed by atoms with Crippen LogP contribution in [0.25, 0.3) is 0 Å². The molecule has 102 valence electrons. The van der Waals surface area contributed by atoms with Crippen LogP contribution in [0.3, 0.4) is 0 Å². The highest BCUT2D eigenvalue weighted by Crippen LogP contribution is 2.43. The molecule has 0 saturated carbocycles. The Hall–Kier alpha value is -1.03. The van der Waals surface area contributed by atoms with Gasteiger partial charge in [-0.05, 0) is 0 Å². The fraction of sp³-hybridized carbons (Fsp3) is 0.286. The molecule has 0 aliphatic carbocycles. The van der Waals surface area contributed by atoms with E-state index in [0.717, 1.165) is 0 Å². The van der Waals surface area contributed by atoms with Gasteiger partial charge in [-0.2, -0.15) is 26.3 Å². The molecule has 0 atom stereocenters. The molecular weight excluding hydrogens is 312 g/mol. The van der Waals surface area contributed by atoms with Crippen LogP contribution in [-0.2, 0) is 21.4 Å². The fourth-order valence-corrected chi connectivity index (χ4v) is 2.14. The molecule has 1 aromatic heterocycles. The van der Waals surface area contributed by atoms with Crippen LogP contribution in [0.4, 0.5) is 26.3 Å². The van der Waals surface area contributed by atoms with E-state index in [1.165, 1.54) is 0 Å². The second kappa shape index (κ2) is 4.26. The van der Waals surface area contributed by atoms with Gasteiger partial charge in [-0.25, -0.2) is 8.42 Å². The van der Waals surface area contributed by atoms with Crippen molar-refractivity contribution in [1.29, 1.82) is 0 Å². The van der Waals surface area contributed by atoms with Crippen LogP contribution in [0.1, 0.15) is 11.1 Å². The first-order valence-electron chi connectivity index (χ1n) is 3.92. The molecule has 1 aromatic rings. The van der Waals surface area contributed by atoms with Crippen molar-refractivity contribution >= 4 is 19.7 Å². The van der Waals surface area contributed by atoms with Crippen LogP contribution >= 0.6 is 10.7 Å². The Morgan fingerprint density at radius 1 is 1.00 bits per heavy atom. The first-order chi connectivity index (χ1) is 7.85. The Bertz CT molecular complexity index is 564. The topological polar surface area (TPSA) is 47.0 Å². The SMILES string of the molecule is O=S(=O)(Cl)c1cncc(C(F)(F)F)c1C(F)(F)F. The maximum absolute atomic E-state index is 12.5. The molecule has 11 heteroatoms. The highest BCUT2D eigenvalue weighted by Gasteiger charge is 2.47. The Balaban J connectivity index is 3.79. The van der Waals surface area contributed by atoms with Gasteiger partial charge < -0.3 is 0 Å². The molecular formula is C7H2ClF6NO2S. The van der Waals surface area contributed by atoms with E-state index in [1.807, 2.05) is 0 Å². The summed E-state index contributed by atoms with van der Waals surface area (Å²) in [4.78, 5) is 1.08. The summed E-state index contributed by atoms with van der Waals surface area (Å²) in [6.07, 6.45) is -10.9. The molecule has 1 rings (SSSR count). The lowest BCUT2D eigenvalue weighted by atomic mass is 10.1. The minimum Gasteiger partial charge on any atom is -0.263 e. The van der Waals surface area contributed by atoms with Gasteiger partial charge >= 0.3 is 12.4 Å². The number of halogens is 7. The third-order valence-electron chi connectivity index (χ3n) is 1.76. The van der Waals surface area contributed by atoms with Crippen molar-refractivity contribution in [2.24, 2.45) is 0 Å². The van der Waals surface area contributed by atoms with Gasteiger partial charge in [-0.1, -0.05) is 0 Å². The number of aromatic nitrogens is 1. The molecule has 0 aliphatic heterocycles. The lowest BCUT2D eigenvalue weighted by Crippen LogP contribution is -2.20. The van der Waals surface area contributed by atoms with Gasteiger partial charge in [0, 0.05) is 23.1 Å². The summed E-state index contributed by atoms with van der Waals surface area (Å²) in [6.45, 7) is 0. The molecule has 0 saturated heterocycles. The van der Waals surface area contributed by atoms with Gasteiger partial charge in [-0.15, -0.1) is 0 Å². The molecule has 0 fully saturated rings. The van der Waals surface area contributed by atoms with Crippen LogP contribution in [0.15, 0.2) is 17.3 Å². The minimum atomic E-state index is -5.54. The number of rotatable bonds is 1. The van der Waals surface area contributed by atoms with E-state index < -0.39 is 37.4 Å². The lowest BCUT2D eigenvalue weighted by molar-refractivity contribution is -0.164. The molecule has 0 amide bonds. The van der Waals surface area contributed by atoms with Gasteiger partial charge in [0.15, 0.2) is 0 Å². The van der Waals surface area contributed by atoms with E-state index >= 15 is 0 Å². The van der Waals surface area contributed by atoms with Crippen LogP contribution < -0.4 is 0 Å². The van der Waals surface area contributed by atoms with Gasteiger partial charge in [0.2, 0.25) is 0 Å². The van der Waals surface area contributed by atoms with E-state index in [0.29, 0.717) is 0 Å². The highest BCUT2D eigenvalue weighted by molar-refractivity contribution is 8.13. The number of alkyl halides is 6. The highest BCUT2D eigenvalue weighted by atomic mass is 35.7. The molecule has 0 aliphatic rings. The van der Waals surface area contributed by atoms with Crippen molar-refractivity contribution in [3.63, 3.8) is 0 Å². The maximum Gasteiger partial charge on any atom is 0.418 e. The van der Waals surface area contributed by atoms with Crippen LogP contribution in [-0.4, -0.2) is 13.4 Å². The van der Waals surface area contributed by atoms with Gasteiger partial charge in [-0.3, -0.25) is 4.98 Å². The number of hydrogen-bond acceptors (Lipinski definition) is 3. The molecule has 0 spiro atoms. The molecule has 18 heavy (non-hydrogen) atoms. The molecule has 0 unspecified atom stereocenters.